The lowest BCUT2D eigenvalue weighted by Crippen LogP contribution is -2.36. The smallest absolute Gasteiger partial charge is 0.219 e. The van der Waals surface area contributed by atoms with E-state index in [1.165, 1.54) is 24.0 Å². The van der Waals surface area contributed by atoms with Crippen LogP contribution in [0.3, 0.4) is 0 Å². The van der Waals surface area contributed by atoms with E-state index in [9.17, 15) is 4.79 Å². The van der Waals surface area contributed by atoms with Gasteiger partial charge in [-0.3, -0.25) is 9.69 Å². The van der Waals surface area contributed by atoms with Gasteiger partial charge < -0.3 is 4.90 Å². The largest absolute Gasteiger partial charge is 0.338 e. The number of benzene rings is 1. The third-order valence-electron chi connectivity index (χ3n) is 6.34. The molecule has 1 aromatic heterocycles. The molecule has 1 unspecified atom stereocenters. The Bertz CT molecular complexity index is 862. The normalized spacial score (nSPS) is 20.0. The highest BCUT2D eigenvalue weighted by atomic mass is 16.2. The first-order valence-corrected chi connectivity index (χ1v) is 10.9. The number of hydrogen-bond acceptors (Lipinski definition) is 4. The van der Waals surface area contributed by atoms with E-state index in [-0.39, 0.29) is 11.9 Å². The highest BCUT2D eigenvalue weighted by molar-refractivity contribution is 5.73. The Labute approximate surface area is 174 Å². The van der Waals surface area contributed by atoms with Gasteiger partial charge in [-0.05, 0) is 36.4 Å². The Balaban J connectivity index is 1.51. The number of nitrogens with zero attached hydrogens (tertiary/aromatic N) is 4. The predicted molar refractivity (Wildman–Crippen MR) is 114 cm³/mol. The van der Waals surface area contributed by atoms with Gasteiger partial charge >= 0.3 is 0 Å². The van der Waals surface area contributed by atoms with Crippen LogP contribution in [0.15, 0.2) is 30.5 Å². The summed E-state index contributed by atoms with van der Waals surface area (Å²) in [4.78, 5) is 25.8. The molecule has 0 N–H and O–H groups in total. The highest BCUT2D eigenvalue weighted by Crippen LogP contribution is 2.31. The average Bonchev–Trinajstić information content (AvgIpc) is 2.73. The third kappa shape index (κ3) is 4.50. The zero-order chi connectivity index (χ0) is 20.4. The van der Waals surface area contributed by atoms with E-state index in [2.05, 4.69) is 43.0 Å². The molecule has 1 saturated heterocycles. The van der Waals surface area contributed by atoms with Crippen molar-refractivity contribution in [2.45, 2.75) is 71.5 Å². The van der Waals surface area contributed by atoms with Crippen molar-refractivity contribution < 1.29 is 4.79 Å². The summed E-state index contributed by atoms with van der Waals surface area (Å²) in [6.45, 7) is 9.54. The first-order valence-electron chi connectivity index (χ1n) is 10.9. The number of piperidine rings is 1. The minimum atomic E-state index is 0.127. The predicted octanol–water partition coefficient (Wildman–Crippen LogP) is 4.23. The number of likely N-dealkylation sites (tertiary alicyclic amines) is 1. The van der Waals surface area contributed by atoms with Gasteiger partial charge in [0.1, 0.15) is 5.82 Å². The van der Waals surface area contributed by atoms with E-state index in [1.54, 1.807) is 6.92 Å². The molecule has 3 heterocycles. The topological polar surface area (TPSA) is 49.3 Å². The van der Waals surface area contributed by atoms with Crippen LogP contribution in [0, 0.1) is 0 Å². The number of carbonyl (C=O) groups is 1. The number of amides is 1. The van der Waals surface area contributed by atoms with Crippen LogP contribution in [-0.2, 0) is 24.3 Å². The van der Waals surface area contributed by atoms with Crippen molar-refractivity contribution in [1.82, 2.24) is 19.8 Å². The van der Waals surface area contributed by atoms with Crippen LogP contribution in [0.5, 0.6) is 0 Å². The summed E-state index contributed by atoms with van der Waals surface area (Å²) >= 11 is 0. The summed E-state index contributed by atoms with van der Waals surface area (Å²) in [7, 11) is 0. The van der Waals surface area contributed by atoms with Crippen molar-refractivity contribution in [2.24, 2.45) is 0 Å². The van der Waals surface area contributed by atoms with Crippen LogP contribution in [0.1, 0.15) is 80.2 Å². The first kappa shape index (κ1) is 20.0. The monoisotopic (exact) mass is 392 g/mol. The zero-order valence-electron chi connectivity index (χ0n) is 17.9. The highest BCUT2D eigenvalue weighted by Gasteiger charge is 2.28. The number of aromatic nitrogens is 2. The molecule has 1 fully saturated rings. The average molecular weight is 393 g/mol. The SMILES string of the molecule is CC(=O)N1CCc2nc(C3CCCCN3Cc3ccc(C(C)C)cc3)ncc2C1. The summed E-state index contributed by atoms with van der Waals surface area (Å²) in [5, 5.41) is 0. The lowest BCUT2D eigenvalue weighted by atomic mass is 9.98. The summed E-state index contributed by atoms with van der Waals surface area (Å²) in [5.41, 5.74) is 4.97. The van der Waals surface area contributed by atoms with Crippen molar-refractivity contribution in [1.29, 1.82) is 0 Å². The molecule has 5 heteroatoms. The molecule has 154 valence electrons. The van der Waals surface area contributed by atoms with E-state index in [1.807, 2.05) is 11.1 Å². The fraction of sp³-hybridized carbons (Fsp3) is 0.542. The van der Waals surface area contributed by atoms with E-state index in [4.69, 9.17) is 9.97 Å². The molecule has 0 bridgehead atoms. The molecule has 0 spiro atoms. The zero-order valence-corrected chi connectivity index (χ0v) is 17.9. The molecule has 2 aliphatic rings. The Morgan fingerprint density at radius 3 is 2.69 bits per heavy atom. The van der Waals surface area contributed by atoms with Gasteiger partial charge in [0.05, 0.1) is 11.7 Å². The molecule has 29 heavy (non-hydrogen) atoms. The molecule has 1 aromatic carbocycles. The van der Waals surface area contributed by atoms with Gasteiger partial charge in [0.2, 0.25) is 5.91 Å². The lowest BCUT2D eigenvalue weighted by molar-refractivity contribution is -0.129. The van der Waals surface area contributed by atoms with Crippen molar-refractivity contribution in [3.8, 4) is 0 Å². The van der Waals surface area contributed by atoms with Gasteiger partial charge in [-0.1, -0.05) is 44.5 Å². The Hall–Kier alpha value is -2.27. The third-order valence-corrected chi connectivity index (χ3v) is 6.34. The van der Waals surface area contributed by atoms with Gasteiger partial charge in [-0.15, -0.1) is 0 Å². The minimum Gasteiger partial charge on any atom is -0.338 e. The number of hydrogen-bond donors (Lipinski definition) is 0. The van der Waals surface area contributed by atoms with Crippen LogP contribution in [0.2, 0.25) is 0 Å². The number of rotatable bonds is 4. The molecule has 5 nitrogen and oxygen atoms in total. The summed E-state index contributed by atoms with van der Waals surface area (Å²) in [6.07, 6.45) is 6.36. The van der Waals surface area contributed by atoms with E-state index >= 15 is 0 Å². The van der Waals surface area contributed by atoms with Gasteiger partial charge in [-0.25, -0.2) is 9.97 Å². The molecule has 2 aromatic rings. The maximum absolute atomic E-state index is 11.7. The van der Waals surface area contributed by atoms with Crippen LogP contribution < -0.4 is 0 Å². The van der Waals surface area contributed by atoms with Crippen LogP contribution in [0.4, 0.5) is 0 Å². The molecule has 1 amide bonds. The second-order valence-electron chi connectivity index (χ2n) is 8.77. The van der Waals surface area contributed by atoms with Gasteiger partial charge in [0, 0.05) is 44.7 Å². The second-order valence-corrected chi connectivity index (χ2v) is 8.77. The quantitative estimate of drug-likeness (QED) is 0.781. The minimum absolute atomic E-state index is 0.127. The Morgan fingerprint density at radius 2 is 1.97 bits per heavy atom. The Kier molecular flexibility index (Phi) is 5.95. The van der Waals surface area contributed by atoms with Crippen LogP contribution >= 0.6 is 0 Å². The molecule has 2 aliphatic heterocycles. The van der Waals surface area contributed by atoms with Crippen molar-refractivity contribution in [2.75, 3.05) is 13.1 Å². The van der Waals surface area contributed by atoms with E-state index in [0.717, 1.165) is 49.6 Å². The van der Waals surface area contributed by atoms with Crippen molar-refractivity contribution >= 4 is 5.91 Å². The van der Waals surface area contributed by atoms with Gasteiger partial charge in [0.15, 0.2) is 0 Å². The summed E-state index contributed by atoms with van der Waals surface area (Å²) in [6, 6.07) is 9.34. The molecular formula is C24H32N4O. The van der Waals surface area contributed by atoms with Crippen molar-refractivity contribution in [3.63, 3.8) is 0 Å². The maximum atomic E-state index is 11.7. The fourth-order valence-corrected chi connectivity index (χ4v) is 4.48. The molecule has 0 saturated carbocycles. The fourth-order valence-electron chi connectivity index (χ4n) is 4.48. The standard InChI is InChI=1S/C24H32N4O/c1-17(2)20-9-7-19(8-10-20)15-28-12-5-4-6-23(28)24-25-14-21-16-27(18(3)29)13-11-22(21)26-24/h7-10,14,17,23H,4-6,11-13,15-16H2,1-3H3. The molecule has 1 atom stereocenters. The van der Waals surface area contributed by atoms with Crippen LogP contribution in [-0.4, -0.2) is 38.8 Å². The van der Waals surface area contributed by atoms with Gasteiger partial charge in [-0.2, -0.15) is 0 Å². The number of carbonyl (C=O) groups excluding carboxylic acids is 1. The molecular weight excluding hydrogens is 360 g/mol. The number of fused-ring (bicyclic) bond motifs is 1. The van der Waals surface area contributed by atoms with Crippen molar-refractivity contribution in [3.05, 3.63) is 58.7 Å². The second kappa shape index (κ2) is 8.62. The Morgan fingerprint density at radius 1 is 1.17 bits per heavy atom. The molecule has 0 aliphatic carbocycles. The van der Waals surface area contributed by atoms with Crippen LogP contribution in [0.25, 0.3) is 0 Å². The van der Waals surface area contributed by atoms with Gasteiger partial charge in [0.25, 0.3) is 0 Å². The maximum Gasteiger partial charge on any atom is 0.219 e. The van der Waals surface area contributed by atoms with E-state index in [0.29, 0.717) is 12.5 Å². The summed E-state index contributed by atoms with van der Waals surface area (Å²) < 4.78 is 0. The molecule has 0 radical (unpaired) electrons. The summed E-state index contributed by atoms with van der Waals surface area (Å²) in [5.74, 6) is 1.65. The van der Waals surface area contributed by atoms with E-state index < -0.39 is 0 Å². The molecule has 4 rings (SSSR count). The first-order chi connectivity index (χ1) is 14.0. The lowest BCUT2D eigenvalue weighted by Gasteiger charge is -2.35.